The first-order valence-corrected chi connectivity index (χ1v) is 46.7. The lowest BCUT2D eigenvalue weighted by atomic mass is 9.99. The maximum Gasteiger partial charge on any atom is 0.472 e. The van der Waals surface area contributed by atoms with Crippen molar-refractivity contribution in [2.45, 2.75) is 470 Å². The fourth-order valence-electron chi connectivity index (χ4n) is 13.1. The smallest absolute Gasteiger partial charge is 0.462 e. The van der Waals surface area contributed by atoms with Crippen LogP contribution in [0.4, 0.5) is 0 Å². The van der Waals surface area contributed by atoms with E-state index in [1.807, 2.05) is 0 Å². The molecule has 3 unspecified atom stereocenters. The molecule has 0 bridgehead atoms. The zero-order chi connectivity index (χ0) is 75.5. The zero-order valence-electron chi connectivity index (χ0n) is 67.5. The Balaban J connectivity index is 5.23. The highest BCUT2D eigenvalue weighted by Crippen LogP contribution is 2.45. The number of hydrogen-bond acceptors (Lipinski definition) is 15. The fourth-order valence-corrected chi connectivity index (χ4v) is 14.7. The highest BCUT2D eigenvalue weighted by Gasteiger charge is 2.30. The molecule has 0 saturated heterocycles. The Labute approximate surface area is 632 Å². The first-order valence-electron chi connectivity index (χ1n) is 43.7. The van der Waals surface area contributed by atoms with Gasteiger partial charge in [0.25, 0.3) is 0 Å². The average molecular weight is 1510 g/mol. The Bertz CT molecular complexity index is 1960. The van der Waals surface area contributed by atoms with Gasteiger partial charge in [-0.05, 0) is 31.6 Å². The van der Waals surface area contributed by atoms with Crippen LogP contribution in [0, 0.1) is 5.92 Å². The first kappa shape index (κ1) is 101. The molecule has 0 aromatic rings. The molecule has 19 heteroatoms. The summed E-state index contributed by atoms with van der Waals surface area (Å²) in [5.41, 5.74) is 0. The van der Waals surface area contributed by atoms with E-state index in [4.69, 9.17) is 37.0 Å². The number of hydrogen-bond donors (Lipinski definition) is 3. The van der Waals surface area contributed by atoms with E-state index >= 15 is 0 Å². The number of rotatable bonds is 84. The van der Waals surface area contributed by atoms with E-state index in [-0.39, 0.29) is 25.7 Å². The number of esters is 4. The molecule has 0 radical (unpaired) electrons. The van der Waals surface area contributed by atoms with Crippen LogP contribution in [0.2, 0.25) is 0 Å². The van der Waals surface area contributed by atoms with Gasteiger partial charge in [-0.25, -0.2) is 9.13 Å². The molecule has 0 aliphatic carbocycles. The average Bonchev–Trinajstić information content (AvgIpc) is 0.914. The normalized spacial score (nSPS) is 14.1. The molecular weight excluding hydrogens is 1340 g/mol. The minimum Gasteiger partial charge on any atom is -0.462 e. The van der Waals surface area contributed by atoms with Crippen LogP contribution >= 0.6 is 15.6 Å². The van der Waals surface area contributed by atoms with Gasteiger partial charge < -0.3 is 33.8 Å². The largest absolute Gasteiger partial charge is 0.472 e. The standard InChI is InChI=1S/C84H164O17P2/c1-6-10-13-16-19-22-25-28-30-31-32-33-34-35-36-38-40-43-49-54-59-64-69-83(88)100-79(73-95-82(87)68-63-58-53-48-42-39-37-29-26-23-20-17-14-11-7-2)75-98-102(90,91)96-71-78(85)72-97-103(92,93)99-76-80(74-94-81(86)67-62-57-52-47-41-27-24-21-18-15-12-8-3)101-84(89)70-65-60-55-50-45-44-46-51-56-61-66-77(5)9-4/h77-80,85H,6-76H2,1-5H3,(H,90,91)(H,92,93)/t77?,78-,79-,80-/m1/s1. The highest BCUT2D eigenvalue weighted by molar-refractivity contribution is 7.47. The van der Waals surface area contributed by atoms with E-state index in [9.17, 15) is 43.2 Å². The number of carbonyl (C=O) groups is 4. The second-order valence-electron chi connectivity index (χ2n) is 30.5. The Morgan fingerprint density at radius 3 is 0.689 bits per heavy atom. The summed E-state index contributed by atoms with van der Waals surface area (Å²) >= 11 is 0. The molecule has 103 heavy (non-hydrogen) atoms. The first-order chi connectivity index (χ1) is 50.1. The molecule has 0 aromatic heterocycles. The van der Waals surface area contributed by atoms with E-state index in [0.29, 0.717) is 25.7 Å². The van der Waals surface area contributed by atoms with Gasteiger partial charge in [-0.1, -0.05) is 401 Å². The van der Waals surface area contributed by atoms with E-state index < -0.39 is 97.5 Å². The molecule has 0 amide bonds. The summed E-state index contributed by atoms with van der Waals surface area (Å²) in [5, 5.41) is 10.7. The molecule has 0 aromatic carbocycles. The van der Waals surface area contributed by atoms with Crippen LogP contribution < -0.4 is 0 Å². The third-order valence-corrected chi connectivity index (χ3v) is 22.0. The van der Waals surface area contributed by atoms with Crippen molar-refractivity contribution in [2.75, 3.05) is 39.6 Å². The maximum absolute atomic E-state index is 13.1. The number of phosphoric ester groups is 2. The topological polar surface area (TPSA) is 237 Å². The van der Waals surface area contributed by atoms with Crippen molar-refractivity contribution in [1.29, 1.82) is 0 Å². The van der Waals surface area contributed by atoms with Crippen molar-refractivity contribution in [3.63, 3.8) is 0 Å². The van der Waals surface area contributed by atoms with Crippen LogP contribution in [0.5, 0.6) is 0 Å². The van der Waals surface area contributed by atoms with Crippen LogP contribution in [0.1, 0.15) is 452 Å². The van der Waals surface area contributed by atoms with Gasteiger partial charge in [-0.2, -0.15) is 0 Å². The highest BCUT2D eigenvalue weighted by atomic mass is 31.2. The lowest BCUT2D eigenvalue weighted by Gasteiger charge is -2.21. The van der Waals surface area contributed by atoms with Crippen molar-refractivity contribution in [3.8, 4) is 0 Å². The predicted molar refractivity (Wildman–Crippen MR) is 423 cm³/mol. The van der Waals surface area contributed by atoms with Crippen LogP contribution in [0.15, 0.2) is 0 Å². The molecule has 0 aliphatic rings. The summed E-state index contributed by atoms with van der Waals surface area (Å²) in [6, 6.07) is 0. The van der Waals surface area contributed by atoms with E-state index in [1.165, 1.54) is 276 Å². The summed E-state index contributed by atoms with van der Waals surface area (Å²) in [6.07, 6.45) is 69.3. The Kier molecular flexibility index (Phi) is 75.4. The molecule has 0 spiro atoms. The quantitative estimate of drug-likeness (QED) is 0.0222. The van der Waals surface area contributed by atoms with Gasteiger partial charge in [0.05, 0.1) is 26.4 Å². The maximum atomic E-state index is 13.1. The summed E-state index contributed by atoms with van der Waals surface area (Å²) in [4.78, 5) is 73.1. The van der Waals surface area contributed by atoms with Gasteiger partial charge in [0.1, 0.15) is 19.3 Å². The van der Waals surface area contributed by atoms with Gasteiger partial charge in [0.15, 0.2) is 12.2 Å². The molecule has 3 N–H and O–H groups in total. The minimum absolute atomic E-state index is 0.107. The van der Waals surface area contributed by atoms with Crippen molar-refractivity contribution >= 4 is 39.5 Å². The Morgan fingerprint density at radius 2 is 0.466 bits per heavy atom. The zero-order valence-corrected chi connectivity index (χ0v) is 69.3. The summed E-state index contributed by atoms with van der Waals surface area (Å²) in [7, 11) is -9.92. The van der Waals surface area contributed by atoms with E-state index in [2.05, 4.69) is 34.6 Å². The fraction of sp³-hybridized carbons (Fsp3) is 0.952. The summed E-state index contributed by atoms with van der Waals surface area (Å²) in [5.74, 6) is -1.30. The molecule has 0 fully saturated rings. The van der Waals surface area contributed by atoms with Gasteiger partial charge in [-0.3, -0.25) is 37.3 Å². The predicted octanol–water partition coefficient (Wildman–Crippen LogP) is 25.6. The Hall–Kier alpha value is -1.94. The summed E-state index contributed by atoms with van der Waals surface area (Å²) < 4.78 is 68.8. The Morgan fingerprint density at radius 1 is 0.272 bits per heavy atom. The monoisotopic (exact) mass is 1510 g/mol. The number of ether oxygens (including phenoxy) is 4. The third-order valence-electron chi connectivity index (χ3n) is 20.1. The van der Waals surface area contributed by atoms with Crippen molar-refractivity contribution in [1.82, 2.24) is 0 Å². The van der Waals surface area contributed by atoms with Crippen LogP contribution in [-0.2, 0) is 65.4 Å². The molecule has 0 rings (SSSR count). The van der Waals surface area contributed by atoms with Gasteiger partial charge in [0.2, 0.25) is 0 Å². The molecule has 0 aliphatic heterocycles. The third kappa shape index (κ3) is 76.6. The van der Waals surface area contributed by atoms with Gasteiger partial charge in [-0.15, -0.1) is 0 Å². The minimum atomic E-state index is -4.96. The molecule has 612 valence electrons. The number of aliphatic hydroxyl groups excluding tert-OH is 1. The van der Waals surface area contributed by atoms with Gasteiger partial charge >= 0.3 is 39.5 Å². The second-order valence-corrected chi connectivity index (χ2v) is 33.4. The molecule has 6 atom stereocenters. The van der Waals surface area contributed by atoms with Crippen LogP contribution in [0.3, 0.4) is 0 Å². The van der Waals surface area contributed by atoms with E-state index in [1.54, 1.807) is 0 Å². The van der Waals surface area contributed by atoms with Gasteiger partial charge in [0, 0.05) is 25.7 Å². The molecule has 0 saturated carbocycles. The molecular formula is C84H164O17P2. The lowest BCUT2D eigenvalue weighted by Crippen LogP contribution is -2.30. The molecule has 0 heterocycles. The SMILES string of the molecule is CCCCCCCCCCCCCCCCCCCCCCCCC(=O)O[C@H](COC(=O)CCCCCCCCCCCCCCCCC)COP(=O)(O)OC[C@@H](O)COP(=O)(O)OC[C@@H](COC(=O)CCCCCCCCCCCCCC)OC(=O)CCCCCCCCCCCCC(C)CC. The van der Waals surface area contributed by atoms with Crippen molar-refractivity contribution in [2.24, 2.45) is 5.92 Å². The number of carbonyl (C=O) groups excluding carboxylic acids is 4. The van der Waals surface area contributed by atoms with Crippen molar-refractivity contribution < 1.29 is 80.2 Å². The van der Waals surface area contributed by atoms with Crippen LogP contribution in [0.25, 0.3) is 0 Å². The number of unbranched alkanes of at least 4 members (excludes halogenated alkanes) is 55. The number of phosphoric acid groups is 2. The second kappa shape index (κ2) is 76.8. The number of aliphatic hydroxyl groups is 1. The van der Waals surface area contributed by atoms with E-state index in [0.717, 1.165) is 95.8 Å². The van der Waals surface area contributed by atoms with Crippen molar-refractivity contribution in [3.05, 3.63) is 0 Å². The van der Waals surface area contributed by atoms with Crippen LogP contribution in [-0.4, -0.2) is 96.7 Å². The lowest BCUT2D eigenvalue weighted by molar-refractivity contribution is -0.161. The summed E-state index contributed by atoms with van der Waals surface area (Å²) in [6.45, 7) is 7.37. The molecule has 17 nitrogen and oxygen atoms in total.